The first-order chi connectivity index (χ1) is 14.7. The Morgan fingerprint density at radius 2 is 1.87 bits per heavy atom. The van der Waals surface area contributed by atoms with E-state index >= 15 is 0 Å². The first-order valence-corrected chi connectivity index (χ1v) is 9.56. The number of hydrogen-bond donors (Lipinski definition) is 1. The lowest BCUT2D eigenvalue weighted by Gasteiger charge is -2.09. The van der Waals surface area contributed by atoms with Gasteiger partial charge in [-0.25, -0.2) is 9.37 Å². The fourth-order valence-electron chi connectivity index (χ4n) is 3.21. The average Bonchev–Trinajstić information content (AvgIpc) is 3.21. The molecule has 4 aromatic rings. The van der Waals surface area contributed by atoms with E-state index in [0.29, 0.717) is 47.5 Å². The molecule has 2 heterocycles. The molecule has 1 N–H and O–H groups in total. The molecule has 0 atom stereocenters. The lowest BCUT2D eigenvalue weighted by atomic mass is 10.0. The third-order valence-electron chi connectivity index (χ3n) is 4.69. The number of carbonyl (C=O) groups is 1. The van der Waals surface area contributed by atoms with Crippen molar-refractivity contribution in [3.8, 4) is 22.5 Å². The molecule has 0 radical (unpaired) electrons. The van der Waals surface area contributed by atoms with E-state index < -0.39 is 0 Å². The highest BCUT2D eigenvalue weighted by Gasteiger charge is 2.22. The number of halogens is 1. The number of pyridine rings is 1. The van der Waals surface area contributed by atoms with Crippen molar-refractivity contribution in [1.82, 2.24) is 15.5 Å². The van der Waals surface area contributed by atoms with Crippen molar-refractivity contribution in [2.75, 3.05) is 20.3 Å². The van der Waals surface area contributed by atoms with Gasteiger partial charge in [0, 0.05) is 31.4 Å². The van der Waals surface area contributed by atoms with Crippen LogP contribution in [0, 0.1) is 5.82 Å². The standard InChI is InChI=1S/C23H20FN3O3/c1-29-13-5-12-25-22(28)18-14-19(15-6-3-2-4-7-15)26-23-20(18)21(27-30-23)16-8-10-17(24)11-9-16/h2-4,6-11,14H,5,12-13H2,1H3,(H,25,28). The molecule has 0 spiro atoms. The third kappa shape index (κ3) is 4.06. The van der Waals surface area contributed by atoms with Gasteiger partial charge in [-0.1, -0.05) is 35.5 Å². The molecule has 152 valence electrons. The van der Waals surface area contributed by atoms with Crippen LogP contribution in [0.15, 0.2) is 65.2 Å². The first kappa shape index (κ1) is 19.7. The molecule has 6 nitrogen and oxygen atoms in total. The van der Waals surface area contributed by atoms with Crippen molar-refractivity contribution < 1.29 is 18.4 Å². The van der Waals surface area contributed by atoms with Crippen molar-refractivity contribution in [3.63, 3.8) is 0 Å². The van der Waals surface area contributed by atoms with Crippen LogP contribution in [0.2, 0.25) is 0 Å². The van der Waals surface area contributed by atoms with Gasteiger partial charge in [0.1, 0.15) is 11.5 Å². The van der Waals surface area contributed by atoms with Crippen LogP contribution in [0.5, 0.6) is 0 Å². The topological polar surface area (TPSA) is 77.2 Å². The Bertz CT molecular complexity index is 1160. The number of rotatable bonds is 7. The number of fused-ring (bicyclic) bond motifs is 1. The second-order valence-electron chi connectivity index (χ2n) is 6.74. The zero-order valence-corrected chi connectivity index (χ0v) is 16.4. The van der Waals surface area contributed by atoms with Gasteiger partial charge in [-0.3, -0.25) is 4.79 Å². The summed E-state index contributed by atoms with van der Waals surface area (Å²) in [5.41, 5.74) is 3.19. The zero-order valence-electron chi connectivity index (χ0n) is 16.4. The fraction of sp³-hybridized carbons (Fsp3) is 0.174. The third-order valence-corrected chi connectivity index (χ3v) is 4.69. The van der Waals surface area contributed by atoms with Gasteiger partial charge in [0.15, 0.2) is 0 Å². The Balaban J connectivity index is 1.82. The molecule has 0 aliphatic carbocycles. The summed E-state index contributed by atoms with van der Waals surface area (Å²) >= 11 is 0. The number of aromatic nitrogens is 2. The van der Waals surface area contributed by atoms with Gasteiger partial charge >= 0.3 is 0 Å². The summed E-state index contributed by atoms with van der Waals surface area (Å²) in [5, 5.41) is 7.52. The molecule has 0 aliphatic heterocycles. The monoisotopic (exact) mass is 405 g/mol. The predicted molar refractivity (Wildman–Crippen MR) is 111 cm³/mol. The smallest absolute Gasteiger partial charge is 0.259 e. The summed E-state index contributed by atoms with van der Waals surface area (Å²) in [6, 6.07) is 17.1. The van der Waals surface area contributed by atoms with Crippen LogP contribution in [0.4, 0.5) is 4.39 Å². The van der Waals surface area contributed by atoms with Crippen LogP contribution < -0.4 is 5.32 Å². The number of nitrogens with one attached hydrogen (secondary N) is 1. The molecule has 0 aliphatic rings. The summed E-state index contributed by atoms with van der Waals surface area (Å²) in [6.07, 6.45) is 0.691. The molecule has 4 rings (SSSR count). The lowest BCUT2D eigenvalue weighted by Crippen LogP contribution is -2.25. The van der Waals surface area contributed by atoms with E-state index in [1.54, 1.807) is 25.3 Å². The van der Waals surface area contributed by atoms with E-state index in [0.717, 1.165) is 5.56 Å². The van der Waals surface area contributed by atoms with Crippen LogP contribution in [-0.2, 0) is 4.74 Å². The van der Waals surface area contributed by atoms with Crippen molar-refractivity contribution in [2.45, 2.75) is 6.42 Å². The zero-order chi connectivity index (χ0) is 20.9. The average molecular weight is 405 g/mol. The van der Waals surface area contributed by atoms with Crippen LogP contribution in [0.1, 0.15) is 16.8 Å². The normalized spacial score (nSPS) is 11.0. The quantitative estimate of drug-likeness (QED) is 0.459. The Labute approximate surface area is 172 Å². The minimum atomic E-state index is -0.354. The number of benzene rings is 2. The first-order valence-electron chi connectivity index (χ1n) is 9.56. The summed E-state index contributed by atoms with van der Waals surface area (Å²) < 4.78 is 23.9. The molecule has 0 saturated carbocycles. The van der Waals surface area contributed by atoms with E-state index in [-0.39, 0.29) is 17.4 Å². The second-order valence-corrected chi connectivity index (χ2v) is 6.74. The van der Waals surface area contributed by atoms with Gasteiger partial charge in [0.05, 0.1) is 16.6 Å². The van der Waals surface area contributed by atoms with E-state index in [1.165, 1.54) is 12.1 Å². The maximum Gasteiger partial charge on any atom is 0.259 e. The van der Waals surface area contributed by atoms with Crippen LogP contribution in [-0.4, -0.2) is 36.3 Å². The van der Waals surface area contributed by atoms with Gasteiger partial charge in [-0.05, 0) is 36.8 Å². The van der Waals surface area contributed by atoms with Gasteiger partial charge in [-0.2, -0.15) is 0 Å². The van der Waals surface area contributed by atoms with Gasteiger partial charge in [-0.15, -0.1) is 0 Å². The molecule has 0 bridgehead atoms. The molecular formula is C23H20FN3O3. The molecule has 7 heteroatoms. The highest BCUT2D eigenvalue weighted by atomic mass is 19.1. The predicted octanol–water partition coefficient (Wildman–Crippen LogP) is 4.46. The molecule has 0 unspecified atom stereocenters. The molecule has 2 aromatic heterocycles. The Morgan fingerprint density at radius 1 is 1.10 bits per heavy atom. The van der Waals surface area contributed by atoms with Gasteiger partial charge in [0.25, 0.3) is 11.6 Å². The number of nitrogens with zero attached hydrogens (tertiary/aromatic N) is 2. The Morgan fingerprint density at radius 3 is 2.60 bits per heavy atom. The molecule has 1 amide bonds. The summed E-state index contributed by atoms with van der Waals surface area (Å²) in [4.78, 5) is 17.6. The fourth-order valence-corrected chi connectivity index (χ4v) is 3.21. The number of amides is 1. The van der Waals surface area contributed by atoms with Crippen molar-refractivity contribution >= 4 is 17.0 Å². The second kappa shape index (κ2) is 8.84. The minimum absolute atomic E-state index is 0.248. The van der Waals surface area contributed by atoms with Gasteiger partial charge in [0.2, 0.25) is 0 Å². The SMILES string of the molecule is COCCCNC(=O)c1cc(-c2ccccc2)nc2onc(-c3ccc(F)cc3)c12. The molecule has 30 heavy (non-hydrogen) atoms. The van der Waals surface area contributed by atoms with Crippen molar-refractivity contribution in [1.29, 1.82) is 0 Å². The molecule has 0 saturated heterocycles. The summed E-state index contributed by atoms with van der Waals surface area (Å²) in [7, 11) is 1.62. The molecule has 0 fully saturated rings. The molecule has 2 aromatic carbocycles. The van der Waals surface area contributed by atoms with Crippen LogP contribution >= 0.6 is 0 Å². The van der Waals surface area contributed by atoms with Crippen LogP contribution in [0.25, 0.3) is 33.6 Å². The maximum atomic E-state index is 13.4. The van der Waals surface area contributed by atoms with E-state index in [1.807, 2.05) is 30.3 Å². The summed E-state index contributed by atoms with van der Waals surface area (Å²) in [5.74, 6) is -0.616. The number of methoxy groups -OCH3 is 1. The molecular weight excluding hydrogens is 385 g/mol. The van der Waals surface area contributed by atoms with Crippen molar-refractivity contribution in [2.24, 2.45) is 0 Å². The Kier molecular flexibility index (Phi) is 5.81. The van der Waals surface area contributed by atoms with E-state index in [2.05, 4.69) is 15.5 Å². The largest absolute Gasteiger partial charge is 0.385 e. The van der Waals surface area contributed by atoms with E-state index in [4.69, 9.17) is 9.26 Å². The minimum Gasteiger partial charge on any atom is -0.385 e. The highest BCUT2D eigenvalue weighted by Crippen LogP contribution is 2.32. The van der Waals surface area contributed by atoms with E-state index in [9.17, 15) is 9.18 Å². The Hall–Kier alpha value is -3.58. The number of hydrogen-bond acceptors (Lipinski definition) is 5. The summed E-state index contributed by atoms with van der Waals surface area (Å²) in [6.45, 7) is 1.02. The highest BCUT2D eigenvalue weighted by molar-refractivity contribution is 6.10. The lowest BCUT2D eigenvalue weighted by molar-refractivity contribution is 0.0950. The number of ether oxygens (including phenoxy) is 1. The number of carbonyl (C=O) groups excluding carboxylic acids is 1. The van der Waals surface area contributed by atoms with Crippen molar-refractivity contribution in [3.05, 3.63) is 72.0 Å². The maximum absolute atomic E-state index is 13.4. The van der Waals surface area contributed by atoms with Gasteiger partial charge < -0.3 is 14.6 Å². The van der Waals surface area contributed by atoms with Crippen LogP contribution in [0.3, 0.4) is 0 Å².